The van der Waals surface area contributed by atoms with Gasteiger partial charge in [0.25, 0.3) is 0 Å². The van der Waals surface area contributed by atoms with E-state index in [9.17, 15) is 43.6 Å². The zero-order valence-electron chi connectivity index (χ0n) is 41.2. The summed E-state index contributed by atoms with van der Waals surface area (Å²) in [4.78, 5) is 54.9. The van der Waals surface area contributed by atoms with Crippen LogP contribution in [0.1, 0.15) is 54.0 Å². The van der Waals surface area contributed by atoms with Crippen LogP contribution in [0.5, 0.6) is 11.5 Å². The number of hydrogen-bond donors (Lipinski definition) is 7. The van der Waals surface area contributed by atoms with Gasteiger partial charge in [0.15, 0.2) is 12.5 Å². The second-order valence-corrected chi connectivity index (χ2v) is 21.8. The lowest BCUT2D eigenvalue weighted by Crippen LogP contribution is -2.49. The molecule has 12 atom stereocenters. The number of nitrogen functional groups attached to an aromatic ring is 2. The van der Waals surface area contributed by atoms with Crippen LogP contribution in [-0.2, 0) is 43.8 Å². The Labute approximate surface area is 432 Å². The molecule has 75 heavy (non-hydrogen) atoms. The molecule has 2 aromatic carbocycles. The number of Topliss-reactive ketones (excluding diaryl/α,β-unsaturated/α-hetero) is 2. The summed E-state index contributed by atoms with van der Waals surface area (Å²) in [7, 11) is -4.13. The number of nitrogens with one attached hydrogen (secondary N) is 2. The Morgan fingerprint density at radius 3 is 1.56 bits per heavy atom. The lowest BCUT2D eigenvalue weighted by Gasteiger charge is -2.33. The molecule has 2 aliphatic heterocycles. The van der Waals surface area contributed by atoms with Crippen LogP contribution in [0.2, 0.25) is 0 Å². The number of para-hydroxylation sites is 2. The van der Waals surface area contributed by atoms with Gasteiger partial charge in [0.1, 0.15) is 70.2 Å². The fourth-order valence-electron chi connectivity index (χ4n) is 7.58. The molecule has 0 aliphatic carbocycles. The molecule has 8 rings (SSSR count). The third kappa shape index (κ3) is 13.7. The molecule has 31 heteroatoms. The van der Waals surface area contributed by atoms with Crippen LogP contribution < -0.4 is 42.1 Å². The van der Waals surface area contributed by atoms with Crippen molar-refractivity contribution in [2.45, 2.75) is 102 Å². The van der Waals surface area contributed by atoms with E-state index in [2.05, 4.69) is 40.8 Å². The summed E-state index contributed by atoms with van der Waals surface area (Å²) in [5.41, 5.74) is 7.28. The summed E-state index contributed by atoms with van der Waals surface area (Å²) in [5.74, 6) is 0.299. The highest BCUT2D eigenvalue weighted by Crippen LogP contribution is 2.50. The van der Waals surface area contributed by atoms with E-state index < -0.39 is 99.2 Å². The number of nitrogens with two attached hydrogens (primary N) is 2. The highest BCUT2D eigenvalue weighted by Gasteiger charge is 2.58. The third-order valence-electron chi connectivity index (χ3n) is 12.0. The molecule has 0 saturated carbocycles. The Kier molecular flexibility index (Phi) is 18.8. The summed E-state index contributed by atoms with van der Waals surface area (Å²) in [6.45, 7) is 4.74. The van der Waals surface area contributed by atoms with E-state index in [0.717, 1.165) is 4.57 Å². The van der Waals surface area contributed by atoms with Gasteiger partial charge in [-0.2, -0.15) is 9.97 Å². The van der Waals surface area contributed by atoms with E-state index in [-0.39, 0.29) is 29.0 Å². The maximum atomic E-state index is 13.6. The first kappa shape index (κ1) is 57.7. The SMILES string of the molecule is CC(=O)[C@H](C)NP(=O)(Cl)Oc1ccccc1.CC(=O)[C@H](C)NP(=O)(OC[C@H]1O[C@@H](n2ccc(N)nc2=O)[C@](C)(n2ccnn2)[C@@H]1O)Oc1ccccc1.C[C@@]1(n2ccnn2)[C@H](O)[C@@H](CO)O[C@H]1n1ccc(N)nc1=O. The Morgan fingerprint density at radius 2 is 1.15 bits per heavy atom. The average Bonchev–Trinajstić information content (AvgIpc) is 4.19. The topological polar surface area (TPSA) is 382 Å². The van der Waals surface area contributed by atoms with Crippen LogP contribution in [0.3, 0.4) is 0 Å². The van der Waals surface area contributed by atoms with Gasteiger partial charge in [0, 0.05) is 36.0 Å². The number of aromatic nitrogens is 10. The minimum atomic E-state index is -4.13. The van der Waals surface area contributed by atoms with Gasteiger partial charge in [0.2, 0.25) is 0 Å². The van der Waals surface area contributed by atoms with Gasteiger partial charge in [-0.15, -0.1) is 10.2 Å². The van der Waals surface area contributed by atoms with Gasteiger partial charge in [-0.3, -0.25) is 23.2 Å². The third-order valence-corrected chi connectivity index (χ3v) is 15.3. The molecule has 2 unspecified atom stereocenters. The van der Waals surface area contributed by atoms with Gasteiger partial charge in [0.05, 0.1) is 37.7 Å². The quantitative estimate of drug-likeness (QED) is 0.0604. The molecule has 0 bridgehead atoms. The predicted octanol–water partition coefficient (Wildman–Crippen LogP) is 1.92. The van der Waals surface area contributed by atoms with Crippen LogP contribution >= 0.6 is 25.9 Å². The predicted molar refractivity (Wildman–Crippen MR) is 268 cm³/mol. The Balaban J connectivity index is 0.000000203. The van der Waals surface area contributed by atoms with Crippen molar-refractivity contribution in [2.75, 3.05) is 24.7 Å². The summed E-state index contributed by atoms with van der Waals surface area (Å²) in [5, 5.41) is 51.7. The maximum absolute atomic E-state index is 13.6. The van der Waals surface area contributed by atoms with Crippen molar-refractivity contribution < 1.29 is 57.1 Å². The molecule has 6 heterocycles. The number of anilines is 2. The van der Waals surface area contributed by atoms with Crippen molar-refractivity contribution in [3.05, 3.63) is 131 Å². The molecule has 4 aromatic heterocycles. The minimum absolute atomic E-state index is 0.0202. The summed E-state index contributed by atoms with van der Waals surface area (Å²) in [6, 6.07) is 18.2. The molecule has 0 spiro atoms. The van der Waals surface area contributed by atoms with E-state index in [1.807, 2.05) is 0 Å². The fourth-order valence-corrected chi connectivity index (χ4v) is 10.9. The van der Waals surface area contributed by atoms with Gasteiger partial charge < -0.3 is 45.3 Å². The first-order chi connectivity index (χ1) is 35.4. The molecule has 0 radical (unpaired) electrons. The van der Waals surface area contributed by atoms with Gasteiger partial charge in [-0.05, 0) is 77.9 Å². The monoisotopic (exact) mass is 1100 g/mol. The van der Waals surface area contributed by atoms with E-state index in [1.165, 1.54) is 77.8 Å². The second kappa shape index (κ2) is 24.4. The largest absolute Gasteiger partial charge is 0.459 e. The number of benzene rings is 2. The zero-order chi connectivity index (χ0) is 54.9. The number of nitrogens with zero attached hydrogens (tertiary/aromatic N) is 10. The molecule has 28 nitrogen and oxygen atoms in total. The van der Waals surface area contributed by atoms with Crippen LogP contribution in [0.15, 0.2) is 120 Å². The van der Waals surface area contributed by atoms with Crippen molar-refractivity contribution in [2.24, 2.45) is 0 Å². The average molecular weight is 1100 g/mol. The van der Waals surface area contributed by atoms with Crippen molar-refractivity contribution in [1.82, 2.24) is 59.3 Å². The Hall–Kier alpha value is -6.55. The van der Waals surface area contributed by atoms with E-state index in [1.54, 1.807) is 87.6 Å². The van der Waals surface area contributed by atoms with Crippen molar-refractivity contribution in [1.29, 1.82) is 0 Å². The number of ether oxygens (including phenoxy) is 2. The van der Waals surface area contributed by atoms with Crippen molar-refractivity contribution in [3.8, 4) is 11.5 Å². The number of ketones is 2. The summed E-state index contributed by atoms with van der Waals surface area (Å²) >= 11 is 5.68. The van der Waals surface area contributed by atoms with E-state index >= 15 is 0 Å². The molecule has 2 fully saturated rings. The molecule has 0 amide bonds. The highest BCUT2D eigenvalue weighted by molar-refractivity contribution is 7.84. The van der Waals surface area contributed by atoms with Gasteiger partial charge in [-0.1, -0.05) is 46.8 Å². The normalized spacial score (nSPS) is 25.5. The minimum Gasteiger partial charge on any atom is -0.422 e. The van der Waals surface area contributed by atoms with Crippen LogP contribution in [0, 0.1) is 0 Å². The first-order valence-electron chi connectivity index (χ1n) is 22.7. The molecule has 2 aliphatic rings. The summed E-state index contributed by atoms with van der Waals surface area (Å²) < 4.78 is 58.6. The lowest BCUT2D eigenvalue weighted by molar-refractivity contribution is -0.119. The molecule has 9 N–H and O–H groups in total. The number of halogens is 1. The van der Waals surface area contributed by atoms with Crippen LogP contribution in [-0.4, -0.2) is 126 Å². The second-order valence-electron chi connectivity index (χ2n) is 17.4. The standard InChI is InChI=1S/C22H28N7O7P.C12H16N6O4.C10H13ClNO3P/c1-14(15(2)30)26-37(33,36-16-7-5-4-6-8-16)34-13-17-19(31)22(3,29-12-10-24-27-29)20(35-17)28-11-9-18(23)25-21(28)32;1-12(18-5-3-14-16-18)9(20)7(6-19)22-10(12)17-4-2-8(13)15-11(17)21;1-8(9(2)13)12-16(11,14)15-10-6-4-3-5-7-10/h4-12,14,17,19-20,31H,13H2,1-3H3,(H,26,33)(H2,23,25,32);2-5,7,9-10,19-20H,6H2,1H3,(H2,13,15,21);3-8H,1-2H3,(H,12,14)/t14-,17+,19+,20+,22+,37?;7-,9-,10-,12-;8-,16?/m010/s1. The number of carbonyl (C=O) groups is 2. The van der Waals surface area contributed by atoms with E-state index in [0.29, 0.717) is 5.75 Å². The van der Waals surface area contributed by atoms with Crippen molar-refractivity contribution in [3.63, 3.8) is 0 Å². The highest BCUT2D eigenvalue weighted by atomic mass is 35.7. The Morgan fingerprint density at radius 1 is 0.720 bits per heavy atom. The number of rotatable bonds is 18. The maximum Gasteiger partial charge on any atom is 0.459 e. The number of aliphatic hydroxyl groups is 3. The van der Waals surface area contributed by atoms with Crippen molar-refractivity contribution >= 4 is 49.1 Å². The Bertz CT molecular complexity index is 3070. The van der Waals surface area contributed by atoms with E-state index in [4.69, 9.17) is 45.8 Å². The molecule has 404 valence electrons. The molecular weight excluding hydrogens is 1050 g/mol. The van der Waals surface area contributed by atoms with Gasteiger partial charge >= 0.3 is 26.0 Å². The molecule has 6 aromatic rings. The smallest absolute Gasteiger partial charge is 0.422 e. The first-order valence-corrected chi connectivity index (χ1v) is 26.8. The number of aliphatic hydroxyl groups excluding tert-OH is 3. The summed E-state index contributed by atoms with van der Waals surface area (Å²) in [6.07, 6.45) is 2.30. The van der Waals surface area contributed by atoms with Gasteiger partial charge in [-0.25, -0.2) is 38.3 Å². The van der Waals surface area contributed by atoms with Crippen LogP contribution in [0.4, 0.5) is 11.6 Å². The molecular formula is C44H57ClN14O14P2. The fraction of sp³-hybridized carbons (Fsp3) is 0.409. The number of carbonyl (C=O) groups excluding carboxylic acids is 2. The molecule has 2 saturated heterocycles. The van der Waals surface area contributed by atoms with Crippen LogP contribution in [0.25, 0.3) is 0 Å². The lowest BCUT2D eigenvalue weighted by atomic mass is 9.92. The zero-order valence-corrected chi connectivity index (χ0v) is 43.7. The number of hydrogen-bond acceptors (Lipinski definition) is 22.